The van der Waals surface area contributed by atoms with Crippen molar-refractivity contribution in [3.63, 3.8) is 0 Å². The predicted molar refractivity (Wildman–Crippen MR) is 126 cm³/mol. The van der Waals surface area contributed by atoms with Crippen LogP contribution in [0, 0.1) is 0 Å². The van der Waals surface area contributed by atoms with Crippen molar-refractivity contribution in [3.8, 4) is 0 Å². The first-order valence-electron chi connectivity index (χ1n) is 11.3. The van der Waals surface area contributed by atoms with Gasteiger partial charge in [-0.15, -0.1) is 0 Å². The van der Waals surface area contributed by atoms with Crippen LogP contribution in [0.3, 0.4) is 0 Å². The van der Waals surface area contributed by atoms with Gasteiger partial charge >= 0.3 is 0 Å². The van der Waals surface area contributed by atoms with E-state index in [9.17, 15) is 21.6 Å². The number of carbonyl (C=O) groups is 1. The maximum Gasteiger partial charge on any atom is 0.243 e. The molecule has 4 rings (SSSR count). The van der Waals surface area contributed by atoms with E-state index in [1.165, 1.54) is 32.9 Å². The number of nitrogens with zero attached hydrogens (tertiary/aromatic N) is 2. The number of sulfonamides is 2. The van der Waals surface area contributed by atoms with E-state index in [0.29, 0.717) is 37.4 Å². The number of hydrogen-bond donors (Lipinski definition) is 1. The molecule has 2 heterocycles. The first kappa shape index (κ1) is 23.9. The Morgan fingerprint density at radius 3 is 1.58 bits per heavy atom. The quantitative estimate of drug-likeness (QED) is 0.570. The summed E-state index contributed by atoms with van der Waals surface area (Å²) in [6.07, 6.45) is 4.55. The second kappa shape index (κ2) is 9.92. The van der Waals surface area contributed by atoms with Gasteiger partial charge in [-0.05, 0) is 74.2 Å². The summed E-state index contributed by atoms with van der Waals surface area (Å²) >= 11 is 0. The average Bonchev–Trinajstić information content (AvgIpc) is 3.39. The molecule has 2 aromatic rings. The average molecular weight is 492 g/mol. The second-order valence-corrected chi connectivity index (χ2v) is 12.3. The smallest absolute Gasteiger partial charge is 0.243 e. The first-order chi connectivity index (χ1) is 15.8. The van der Waals surface area contributed by atoms with E-state index in [1.54, 1.807) is 24.3 Å². The Morgan fingerprint density at radius 1 is 0.667 bits per heavy atom. The third-order valence-electron chi connectivity index (χ3n) is 6.14. The van der Waals surface area contributed by atoms with Crippen molar-refractivity contribution < 1.29 is 21.6 Å². The molecule has 10 heteroatoms. The molecule has 2 fully saturated rings. The lowest BCUT2D eigenvalue weighted by Crippen LogP contribution is -2.35. The van der Waals surface area contributed by atoms with Crippen molar-refractivity contribution in [2.24, 2.45) is 0 Å². The van der Waals surface area contributed by atoms with Crippen LogP contribution >= 0.6 is 0 Å². The van der Waals surface area contributed by atoms with Crippen molar-refractivity contribution in [1.82, 2.24) is 8.61 Å². The molecule has 0 aliphatic carbocycles. The number of piperidine rings is 1. The van der Waals surface area contributed by atoms with Gasteiger partial charge in [0.05, 0.1) is 16.3 Å². The van der Waals surface area contributed by atoms with Gasteiger partial charge in [0.2, 0.25) is 20.0 Å². The molecule has 0 spiro atoms. The van der Waals surface area contributed by atoms with Gasteiger partial charge in [-0.25, -0.2) is 16.8 Å². The lowest BCUT2D eigenvalue weighted by atomic mass is 10.1. The summed E-state index contributed by atoms with van der Waals surface area (Å²) in [4.78, 5) is 13.0. The molecule has 0 saturated carbocycles. The zero-order valence-electron chi connectivity index (χ0n) is 18.4. The maximum atomic E-state index is 12.7. The monoisotopic (exact) mass is 491 g/mol. The van der Waals surface area contributed by atoms with Crippen LogP contribution in [-0.2, 0) is 20.0 Å². The van der Waals surface area contributed by atoms with Gasteiger partial charge < -0.3 is 5.32 Å². The number of benzene rings is 2. The van der Waals surface area contributed by atoms with Crippen molar-refractivity contribution >= 4 is 31.5 Å². The molecular formula is C23H29N3O5S2. The van der Waals surface area contributed by atoms with Crippen LogP contribution in [-0.4, -0.2) is 64.0 Å². The van der Waals surface area contributed by atoms with Gasteiger partial charge in [0.1, 0.15) is 0 Å². The number of nitrogens with one attached hydrogen (secondary N) is 1. The largest absolute Gasteiger partial charge is 0.378 e. The predicted octanol–water partition coefficient (Wildman–Crippen LogP) is 2.94. The molecule has 2 saturated heterocycles. The number of carbonyl (C=O) groups excluding carboxylic acids is 1. The molecule has 178 valence electrons. The van der Waals surface area contributed by atoms with Gasteiger partial charge in [0, 0.05) is 37.4 Å². The minimum atomic E-state index is -3.51. The summed E-state index contributed by atoms with van der Waals surface area (Å²) in [5, 5.41) is 3.01. The van der Waals surface area contributed by atoms with Crippen LogP contribution in [0.4, 0.5) is 5.69 Å². The van der Waals surface area contributed by atoms with Gasteiger partial charge in [-0.1, -0.05) is 6.42 Å². The molecule has 0 atom stereocenters. The molecule has 0 bridgehead atoms. The molecular weight excluding hydrogens is 462 g/mol. The van der Waals surface area contributed by atoms with Crippen LogP contribution < -0.4 is 5.32 Å². The van der Waals surface area contributed by atoms with Crippen LogP contribution in [0.15, 0.2) is 58.3 Å². The number of ketones is 1. The summed E-state index contributed by atoms with van der Waals surface area (Å²) < 4.78 is 53.7. The van der Waals surface area contributed by atoms with Gasteiger partial charge in [-0.2, -0.15) is 8.61 Å². The zero-order valence-corrected chi connectivity index (χ0v) is 20.1. The van der Waals surface area contributed by atoms with E-state index in [0.717, 1.165) is 32.1 Å². The summed E-state index contributed by atoms with van der Waals surface area (Å²) in [7, 11) is -7.00. The van der Waals surface area contributed by atoms with Crippen molar-refractivity contribution in [1.29, 1.82) is 0 Å². The fourth-order valence-corrected chi connectivity index (χ4v) is 7.21. The Kier molecular flexibility index (Phi) is 7.18. The normalized spacial score (nSPS) is 18.3. The Bertz CT molecular complexity index is 1180. The van der Waals surface area contributed by atoms with Crippen LogP contribution in [0.1, 0.15) is 42.5 Å². The van der Waals surface area contributed by atoms with E-state index in [4.69, 9.17) is 0 Å². The number of hydrogen-bond acceptors (Lipinski definition) is 6. The van der Waals surface area contributed by atoms with Crippen LogP contribution in [0.5, 0.6) is 0 Å². The molecule has 1 N–H and O–H groups in total. The number of rotatable bonds is 8. The standard InChI is InChI=1S/C23H29N3O5S2/c27-23(19-6-10-21(11-7-19)32(28,29)26-16-4-5-17-26)18-24-20-8-12-22(13-9-20)33(30,31)25-14-2-1-3-15-25/h6-13,24H,1-5,14-18H2. The lowest BCUT2D eigenvalue weighted by molar-refractivity contribution is 0.101. The minimum Gasteiger partial charge on any atom is -0.378 e. The summed E-state index contributed by atoms with van der Waals surface area (Å²) in [6, 6.07) is 12.4. The molecule has 2 aliphatic heterocycles. The highest BCUT2D eigenvalue weighted by Crippen LogP contribution is 2.23. The van der Waals surface area contributed by atoms with Crippen LogP contribution in [0.2, 0.25) is 0 Å². The number of anilines is 1. The Balaban J connectivity index is 1.36. The fourth-order valence-electron chi connectivity index (χ4n) is 4.17. The third-order valence-corrected chi connectivity index (χ3v) is 9.97. The second-order valence-electron chi connectivity index (χ2n) is 8.40. The van der Waals surface area contributed by atoms with Crippen molar-refractivity contribution in [3.05, 3.63) is 54.1 Å². The maximum absolute atomic E-state index is 12.7. The minimum absolute atomic E-state index is 0.0104. The van der Waals surface area contributed by atoms with E-state index >= 15 is 0 Å². The highest BCUT2D eigenvalue weighted by atomic mass is 32.2. The summed E-state index contributed by atoms with van der Waals surface area (Å²) in [5.41, 5.74) is 1.04. The van der Waals surface area contributed by atoms with Gasteiger partial charge in [0.25, 0.3) is 0 Å². The Hall–Kier alpha value is -2.27. The Labute approximate surface area is 195 Å². The SMILES string of the molecule is O=C(CNc1ccc(S(=O)(=O)N2CCCCC2)cc1)c1ccc(S(=O)(=O)N2CCCC2)cc1. The molecule has 0 radical (unpaired) electrons. The Morgan fingerprint density at radius 2 is 1.09 bits per heavy atom. The molecule has 0 amide bonds. The van der Waals surface area contributed by atoms with E-state index in [1.807, 2.05) is 0 Å². The topological polar surface area (TPSA) is 104 Å². The van der Waals surface area contributed by atoms with Crippen molar-refractivity contribution in [2.45, 2.75) is 41.9 Å². The molecule has 8 nitrogen and oxygen atoms in total. The van der Waals surface area contributed by atoms with E-state index < -0.39 is 20.0 Å². The summed E-state index contributed by atoms with van der Waals surface area (Å²) in [6.45, 7) is 2.18. The lowest BCUT2D eigenvalue weighted by Gasteiger charge is -2.25. The molecule has 33 heavy (non-hydrogen) atoms. The zero-order chi connectivity index (χ0) is 23.5. The van der Waals surface area contributed by atoms with E-state index in [-0.39, 0.29) is 22.1 Å². The van der Waals surface area contributed by atoms with Crippen molar-refractivity contribution in [2.75, 3.05) is 38.0 Å². The fraction of sp³-hybridized carbons (Fsp3) is 0.435. The number of Topliss-reactive ketones (excluding diaryl/α,β-unsaturated/α-hetero) is 1. The van der Waals surface area contributed by atoms with Gasteiger partial charge in [0.15, 0.2) is 5.78 Å². The van der Waals surface area contributed by atoms with E-state index in [2.05, 4.69) is 5.32 Å². The molecule has 0 unspecified atom stereocenters. The van der Waals surface area contributed by atoms with Crippen LogP contribution in [0.25, 0.3) is 0 Å². The highest BCUT2D eigenvalue weighted by molar-refractivity contribution is 7.89. The third kappa shape index (κ3) is 5.29. The molecule has 0 aromatic heterocycles. The highest BCUT2D eigenvalue weighted by Gasteiger charge is 2.27. The summed E-state index contributed by atoms with van der Waals surface area (Å²) in [5.74, 6) is -0.190. The van der Waals surface area contributed by atoms with Gasteiger partial charge in [-0.3, -0.25) is 4.79 Å². The molecule has 2 aromatic carbocycles. The first-order valence-corrected chi connectivity index (χ1v) is 14.1. The molecule has 2 aliphatic rings.